The number of nitrogens with zero attached hydrogens (tertiary/aromatic N) is 1. The van der Waals surface area contributed by atoms with Gasteiger partial charge in [0, 0.05) is 0 Å². The van der Waals surface area contributed by atoms with Gasteiger partial charge < -0.3 is 19.4 Å². The van der Waals surface area contributed by atoms with Gasteiger partial charge in [0.15, 0.2) is 0 Å². The molecular weight excluding hydrogens is 342 g/mol. The minimum absolute atomic E-state index is 0.160. The van der Waals surface area contributed by atoms with E-state index < -0.39 is 5.60 Å². The average molecular weight is 369 g/mol. The normalized spacial score (nSPS) is 11.7. The lowest BCUT2D eigenvalue weighted by Gasteiger charge is -2.32. The Hall–Kier alpha value is -2.47. The Morgan fingerprint density at radius 3 is 1.85 bits per heavy atom. The van der Waals surface area contributed by atoms with E-state index >= 15 is 0 Å². The van der Waals surface area contributed by atoms with Crippen LogP contribution in [0.25, 0.3) is 0 Å². The molecule has 0 radical (unpaired) electrons. The lowest BCUT2D eigenvalue weighted by atomic mass is 10.0. The van der Waals surface area contributed by atoms with Gasteiger partial charge in [-0.15, -0.1) is 6.58 Å². The van der Waals surface area contributed by atoms with Crippen molar-refractivity contribution in [3.05, 3.63) is 84.4 Å². The summed E-state index contributed by atoms with van der Waals surface area (Å²) in [6.07, 6.45) is 3.63. The summed E-state index contributed by atoms with van der Waals surface area (Å²) in [5, 5.41) is 11.6. The van der Waals surface area contributed by atoms with E-state index in [0.29, 0.717) is 32.8 Å². The molecule has 1 N–H and O–H groups in total. The maximum Gasteiger partial charge on any atom is 0.119 e. The zero-order valence-corrected chi connectivity index (χ0v) is 15.5. The molecule has 0 saturated heterocycles. The summed E-state index contributed by atoms with van der Waals surface area (Å²) in [6.45, 7) is 5.63. The molecule has 0 aliphatic carbocycles. The summed E-state index contributed by atoms with van der Waals surface area (Å²) < 4.78 is 17.8. The summed E-state index contributed by atoms with van der Waals surface area (Å²) in [5.74, 6) is 0. The molecule has 0 bridgehead atoms. The third-order valence-corrected chi connectivity index (χ3v) is 4.02. The first-order valence-electron chi connectivity index (χ1n) is 8.92. The predicted octanol–water partition coefficient (Wildman–Crippen LogP) is 4.21. The number of benzene rings is 2. The van der Waals surface area contributed by atoms with Crippen LogP contribution in [0.5, 0.6) is 0 Å². The molecule has 5 nitrogen and oxygen atoms in total. The van der Waals surface area contributed by atoms with Crippen LogP contribution >= 0.6 is 0 Å². The summed E-state index contributed by atoms with van der Waals surface area (Å²) >= 11 is 0. The van der Waals surface area contributed by atoms with Crippen molar-refractivity contribution < 1.29 is 19.4 Å². The maximum absolute atomic E-state index is 8.65. The molecule has 2 aromatic carbocycles. The van der Waals surface area contributed by atoms with E-state index in [9.17, 15) is 0 Å². The maximum atomic E-state index is 8.65. The van der Waals surface area contributed by atoms with E-state index in [1.54, 1.807) is 6.08 Å². The molecule has 0 aromatic heterocycles. The highest BCUT2D eigenvalue weighted by Crippen LogP contribution is 2.20. The van der Waals surface area contributed by atoms with Crippen LogP contribution in [0, 0.1) is 0 Å². The summed E-state index contributed by atoms with van der Waals surface area (Å²) in [4.78, 5) is 0. The van der Waals surface area contributed by atoms with Gasteiger partial charge in [-0.1, -0.05) is 71.9 Å². The fourth-order valence-electron chi connectivity index (χ4n) is 2.67. The van der Waals surface area contributed by atoms with Gasteiger partial charge in [-0.3, -0.25) is 0 Å². The van der Waals surface area contributed by atoms with Crippen molar-refractivity contribution in [1.82, 2.24) is 0 Å². The summed E-state index contributed by atoms with van der Waals surface area (Å²) in [5.41, 5.74) is 1.48. The van der Waals surface area contributed by atoms with Crippen molar-refractivity contribution in [3.8, 4) is 0 Å². The molecule has 0 aliphatic rings. The number of hydrogen-bond donors (Lipinski definition) is 1. The summed E-state index contributed by atoms with van der Waals surface area (Å²) in [6, 6.07) is 19.9. The fraction of sp³-hybridized carbons (Fsp3) is 0.318. The van der Waals surface area contributed by atoms with Crippen molar-refractivity contribution in [3.63, 3.8) is 0 Å². The zero-order chi connectivity index (χ0) is 19.2. The molecule has 0 unspecified atom stereocenters. The van der Waals surface area contributed by atoms with Crippen LogP contribution in [-0.4, -0.2) is 36.8 Å². The van der Waals surface area contributed by atoms with Crippen molar-refractivity contribution in [2.24, 2.45) is 5.16 Å². The number of ether oxygens (including phenoxy) is 3. The molecule has 2 rings (SSSR count). The zero-order valence-electron chi connectivity index (χ0n) is 15.5. The van der Waals surface area contributed by atoms with Crippen LogP contribution in [0.3, 0.4) is 0 Å². The molecule has 5 heteroatoms. The Morgan fingerprint density at radius 2 is 1.41 bits per heavy atom. The first kappa shape index (κ1) is 20.8. The highest BCUT2D eigenvalue weighted by molar-refractivity contribution is 5.57. The minimum Gasteiger partial charge on any atom is -0.411 e. The Morgan fingerprint density at radius 1 is 0.889 bits per heavy atom. The molecular formula is C22H27NO4. The SMILES string of the molecule is C=CCC(COCc1ccccc1)(COCc1ccccc1)OC/C=N\O. The van der Waals surface area contributed by atoms with E-state index in [4.69, 9.17) is 19.4 Å². The van der Waals surface area contributed by atoms with Crippen molar-refractivity contribution in [2.45, 2.75) is 25.2 Å². The third-order valence-electron chi connectivity index (χ3n) is 4.02. The smallest absolute Gasteiger partial charge is 0.119 e. The Bertz CT molecular complexity index is 628. The number of rotatable bonds is 13. The van der Waals surface area contributed by atoms with Gasteiger partial charge in [-0.2, -0.15) is 0 Å². The molecule has 0 saturated carbocycles. The van der Waals surface area contributed by atoms with Gasteiger partial charge in [-0.25, -0.2) is 0 Å². The molecule has 0 spiro atoms. The van der Waals surface area contributed by atoms with Crippen molar-refractivity contribution in [1.29, 1.82) is 0 Å². The van der Waals surface area contributed by atoms with Gasteiger partial charge in [-0.05, 0) is 17.5 Å². The monoisotopic (exact) mass is 369 g/mol. The fourth-order valence-corrected chi connectivity index (χ4v) is 2.67. The third kappa shape index (κ3) is 7.74. The second-order valence-electron chi connectivity index (χ2n) is 6.24. The van der Waals surface area contributed by atoms with E-state index in [-0.39, 0.29) is 6.61 Å². The van der Waals surface area contributed by atoms with Gasteiger partial charge in [0.2, 0.25) is 0 Å². The lowest BCUT2D eigenvalue weighted by Crippen LogP contribution is -2.43. The topological polar surface area (TPSA) is 60.3 Å². The Balaban J connectivity index is 1.96. The van der Waals surface area contributed by atoms with E-state index in [1.165, 1.54) is 6.21 Å². The van der Waals surface area contributed by atoms with Gasteiger partial charge >= 0.3 is 0 Å². The molecule has 2 aromatic rings. The molecule has 0 atom stereocenters. The highest BCUT2D eigenvalue weighted by atomic mass is 16.6. The van der Waals surface area contributed by atoms with Crippen LogP contribution in [0.2, 0.25) is 0 Å². The first-order chi connectivity index (χ1) is 13.3. The van der Waals surface area contributed by atoms with E-state index in [2.05, 4.69) is 11.7 Å². The van der Waals surface area contributed by atoms with Gasteiger partial charge in [0.25, 0.3) is 0 Å². The Kier molecular flexibility index (Phi) is 9.27. The summed E-state index contributed by atoms with van der Waals surface area (Å²) in [7, 11) is 0. The molecule has 0 fully saturated rings. The standard InChI is InChI=1S/C22H27NO4/c1-2-13-22(27-15-14-23-24,18-25-16-20-9-5-3-6-10-20)19-26-17-21-11-7-4-8-12-21/h2-12,14,24H,1,13,15-19H2/b23-14-. The second-order valence-corrected chi connectivity index (χ2v) is 6.24. The van der Waals surface area contributed by atoms with E-state index in [0.717, 1.165) is 11.1 Å². The van der Waals surface area contributed by atoms with Gasteiger partial charge in [0.1, 0.15) is 5.60 Å². The first-order valence-corrected chi connectivity index (χ1v) is 8.92. The minimum atomic E-state index is -0.702. The van der Waals surface area contributed by atoms with Gasteiger partial charge in [0.05, 0.1) is 39.2 Å². The van der Waals surface area contributed by atoms with Crippen molar-refractivity contribution >= 4 is 6.21 Å². The molecule has 0 heterocycles. The second kappa shape index (κ2) is 12.0. The largest absolute Gasteiger partial charge is 0.411 e. The molecule has 144 valence electrons. The van der Waals surface area contributed by atoms with Crippen LogP contribution in [0.1, 0.15) is 17.5 Å². The van der Waals surface area contributed by atoms with Crippen LogP contribution in [0.15, 0.2) is 78.5 Å². The van der Waals surface area contributed by atoms with Crippen LogP contribution in [0.4, 0.5) is 0 Å². The number of oxime groups is 1. The van der Waals surface area contributed by atoms with Crippen LogP contribution in [-0.2, 0) is 27.4 Å². The van der Waals surface area contributed by atoms with Crippen molar-refractivity contribution in [2.75, 3.05) is 19.8 Å². The van der Waals surface area contributed by atoms with E-state index in [1.807, 2.05) is 60.7 Å². The highest BCUT2D eigenvalue weighted by Gasteiger charge is 2.31. The molecule has 0 aliphatic heterocycles. The average Bonchev–Trinajstić information content (AvgIpc) is 2.70. The Labute approximate surface area is 160 Å². The molecule has 0 amide bonds. The lowest BCUT2D eigenvalue weighted by molar-refractivity contribution is -0.129. The quantitative estimate of drug-likeness (QED) is 0.249. The number of hydrogen-bond acceptors (Lipinski definition) is 5. The van der Waals surface area contributed by atoms with Crippen LogP contribution < -0.4 is 0 Å². The molecule has 27 heavy (non-hydrogen) atoms. The predicted molar refractivity (Wildman–Crippen MR) is 106 cm³/mol.